The van der Waals surface area contributed by atoms with Gasteiger partial charge in [-0.15, -0.1) is 0 Å². The van der Waals surface area contributed by atoms with Crippen molar-refractivity contribution < 1.29 is 0 Å². The van der Waals surface area contributed by atoms with Crippen molar-refractivity contribution in [2.45, 2.75) is 13.0 Å². The lowest BCUT2D eigenvalue weighted by atomic mass is 10.1. The second kappa shape index (κ2) is 8.27. The minimum absolute atomic E-state index is 0.811. The van der Waals surface area contributed by atoms with Crippen LogP contribution in [-0.4, -0.2) is 42.1 Å². The third-order valence-corrected chi connectivity index (χ3v) is 4.89. The summed E-state index contributed by atoms with van der Waals surface area (Å²) in [6.45, 7) is 2.11. The summed E-state index contributed by atoms with van der Waals surface area (Å²) in [5, 5.41) is 0. The van der Waals surface area contributed by atoms with E-state index in [2.05, 4.69) is 47.8 Å². The smallest absolute Gasteiger partial charge is 0.140 e. The van der Waals surface area contributed by atoms with E-state index in [1.54, 1.807) is 0 Å². The fourth-order valence-electron chi connectivity index (χ4n) is 3.24. The molecule has 0 saturated heterocycles. The lowest BCUT2D eigenvalue weighted by molar-refractivity contribution is 0.303. The Morgan fingerprint density at radius 1 is 0.963 bits per heavy atom. The summed E-state index contributed by atoms with van der Waals surface area (Å²) in [6.07, 6.45) is 1.06. The van der Waals surface area contributed by atoms with Crippen LogP contribution in [0.5, 0.6) is 0 Å². The molecule has 1 aliphatic rings. The molecule has 2 N–H and O–H groups in total. The Bertz CT molecular complexity index is 866. The highest BCUT2D eigenvalue weighted by Crippen LogP contribution is 2.24. The number of anilines is 2. The average molecular weight is 364 g/mol. The predicted octanol–water partition coefficient (Wildman–Crippen LogP) is 3.41. The Labute approximate surface area is 162 Å². The van der Waals surface area contributed by atoms with Crippen LogP contribution in [0.1, 0.15) is 11.4 Å². The molecule has 0 bridgehead atoms. The Balaban J connectivity index is 0.000000180. The number of benzene rings is 2. The first-order chi connectivity index (χ1) is 13.0. The summed E-state index contributed by atoms with van der Waals surface area (Å²) in [6, 6.07) is 18.2. The maximum absolute atomic E-state index is 5.51. The van der Waals surface area contributed by atoms with Gasteiger partial charge in [0, 0.05) is 57.6 Å². The SMILES string of the molecule is CN(C)c1ccc(N)cc1.CN1CCc2nc(-c3ccccc3)n(C)c2C1. The largest absolute Gasteiger partial charge is 0.399 e. The van der Waals surface area contributed by atoms with Crippen molar-refractivity contribution in [1.82, 2.24) is 14.5 Å². The van der Waals surface area contributed by atoms with Crippen LogP contribution >= 0.6 is 0 Å². The number of nitrogens with two attached hydrogens (primary N) is 1. The first kappa shape index (κ1) is 19.0. The van der Waals surface area contributed by atoms with Gasteiger partial charge in [-0.1, -0.05) is 30.3 Å². The van der Waals surface area contributed by atoms with Crippen molar-refractivity contribution in [1.29, 1.82) is 0 Å². The average Bonchev–Trinajstić information content (AvgIpc) is 3.00. The van der Waals surface area contributed by atoms with E-state index in [0.29, 0.717) is 0 Å². The third-order valence-electron chi connectivity index (χ3n) is 4.89. The second-order valence-electron chi connectivity index (χ2n) is 7.23. The van der Waals surface area contributed by atoms with Crippen molar-refractivity contribution >= 4 is 11.4 Å². The van der Waals surface area contributed by atoms with Crippen molar-refractivity contribution in [3.05, 3.63) is 66.0 Å². The van der Waals surface area contributed by atoms with E-state index in [4.69, 9.17) is 10.7 Å². The minimum Gasteiger partial charge on any atom is -0.399 e. The van der Waals surface area contributed by atoms with Crippen LogP contribution in [0.4, 0.5) is 11.4 Å². The molecule has 4 rings (SSSR count). The molecule has 0 saturated carbocycles. The van der Waals surface area contributed by atoms with Crippen molar-refractivity contribution in [3.63, 3.8) is 0 Å². The fourth-order valence-corrected chi connectivity index (χ4v) is 3.24. The van der Waals surface area contributed by atoms with Gasteiger partial charge < -0.3 is 20.1 Å². The van der Waals surface area contributed by atoms with Crippen LogP contribution < -0.4 is 10.6 Å². The molecule has 0 spiro atoms. The molecule has 5 heteroatoms. The number of rotatable bonds is 2. The second-order valence-corrected chi connectivity index (χ2v) is 7.23. The molecule has 0 atom stereocenters. The van der Waals surface area contributed by atoms with Crippen LogP contribution in [0.3, 0.4) is 0 Å². The van der Waals surface area contributed by atoms with Crippen LogP contribution in [0.2, 0.25) is 0 Å². The normalized spacial score (nSPS) is 13.5. The van der Waals surface area contributed by atoms with Crippen molar-refractivity contribution in [3.8, 4) is 11.4 Å². The molecule has 5 nitrogen and oxygen atoms in total. The summed E-state index contributed by atoms with van der Waals surface area (Å²) in [4.78, 5) is 9.18. The molecule has 0 fully saturated rings. The van der Waals surface area contributed by atoms with Crippen LogP contribution in [0, 0.1) is 0 Å². The van der Waals surface area contributed by atoms with Crippen molar-refractivity contribution in [2.75, 3.05) is 38.3 Å². The van der Waals surface area contributed by atoms with E-state index in [-0.39, 0.29) is 0 Å². The number of imidazole rings is 1. The van der Waals surface area contributed by atoms with Gasteiger partial charge in [-0.2, -0.15) is 0 Å². The van der Waals surface area contributed by atoms with Gasteiger partial charge in [-0.25, -0.2) is 4.98 Å². The van der Waals surface area contributed by atoms with Gasteiger partial charge in [-0.3, -0.25) is 0 Å². The molecular weight excluding hydrogens is 334 g/mol. The van der Waals surface area contributed by atoms with E-state index in [1.807, 2.05) is 49.3 Å². The van der Waals surface area contributed by atoms with Crippen LogP contribution in [0.15, 0.2) is 54.6 Å². The molecular formula is C22H29N5. The Morgan fingerprint density at radius 2 is 1.63 bits per heavy atom. The quantitative estimate of drug-likeness (QED) is 0.709. The van der Waals surface area contributed by atoms with Gasteiger partial charge >= 0.3 is 0 Å². The molecule has 3 aromatic rings. The van der Waals surface area contributed by atoms with Crippen LogP contribution in [0.25, 0.3) is 11.4 Å². The standard InChI is InChI=1S/C14H17N3.C8H12N2/c1-16-9-8-12-13(10-16)17(2)14(15-12)11-6-4-3-5-7-11;1-10(2)8-5-3-7(9)4-6-8/h3-7H,8-10H2,1-2H3;3-6H,9H2,1-2H3. The lowest BCUT2D eigenvalue weighted by Gasteiger charge is -2.22. The summed E-state index contributed by atoms with van der Waals surface area (Å²) in [7, 11) is 8.29. The first-order valence-corrected chi connectivity index (χ1v) is 9.27. The molecule has 142 valence electrons. The van der Waals surface area contributed by atoms with Gasteiger partial charge in [0.2, 0.25) is 0 Å². The number of fused-ring (bicyclic) bond motifs is 1. The zero-order chi connectivity index (χ0) is 19.4. The molecule has 0 aliphatic carbocycles. The number of nitrogen functional groups attached to an aromatic ring is 1. The summed E-state index contributed by atoms with van der Waals surface area (Å²) in [5.41, 5.74) is 11.3. The number of nitrogens with zero attached hydrogens (tertiary/aromatic N) is 4. The predicted molar refractivity (Wildman–Crippen MR) is 114 cm³/mol. The first-order valence-electron chi connectivity index (χ1n) is 9.27. The molecule has 0 radical (unpaired) electrons. The zero-order valence-electron chi connectivity index (χ0n) is 16.7. The van der Waals surface area contributed by atoms with Gasteiger partial charge in [0.05, 0.1) is 11.4 Å². The molecule has 2 heterocycles. The maximum Gasteiger partial charge on any atom is 0.140 e. The number of hydrogen-bond donors (Lipinski definition) is 1. The number of aromatic nitrogens is 2. The number of hydrogen-bond acceptors (Lipinski definition) is 4. The molecule has 2 aromatic carbocycles. The Kier molecular flexibility index (Phi) is 5.81. The molecule has 1 aliphatic heterocycles. The maximum atomic E-state index is 5.51. The summed E-state index contributed by atoms with van der Waals surface area (Å²) >= 11 is 0. The molecule has 0 amide bonds. The molecule has 1 aromatic heterocycles. The minimum atomic E-state index is 0.811. The Hall–Kier alpha value is -2.79. The van der Waals surface area contributed by atoms with Crippen LogP contribution in [-0.2, 0) is 20.0 Å². The summed E-state index contributed by atoms with van der Waals surface area (Å²) in [5.74, 6) is 1.09. The zero-order valence-corrected chi connectivity index (χ0v) is 16.7. The van der Waals surface area contributed by atoms with Gasteiger partial charge in [0.15, 0.2) is 0 Å². The van der Waals surface area contributed by atoms with E-state index in [1.165, 1.54) is 22.6 Å². The highest BCUT2D eigenvalue weighted by Gasteiger charge is 2.20. The van der Waals surface area contributed by atoms with E-state index in [9.17, 15) is 0 Å². The molecule has 0 unspecified atom stereocenters. The summed E-state index contributed by atoms with van der Waals surface area (Å²) < 4.78 is 2.24. The van der Waals surface area contributed by atoms with E-state index in [0.717, 1.165) is 31.0 Å². The monoisotopic (exact) mass is 363 g/mol. The van der Waals surface area contributed by atoms with E-state index < -0.39 is 0 Å². The van der Waals surface area contributed by atoms with Gasteiger partial charge in [0.25, 0.3) is 0 Å². The lowest BCUT2D eigenvalue weighted by Crippen LogP contribution is -2.27. The highest BCUT2D eigenvalue weighted by atomic mass is 15.2. The topological polar surface area (TPSA) is 50.3 Å². The fraction of sp³-hybridized carbons (Fsp3) is 0.318. The van der Waals surface area contributed by atoms with Crippen molar-refractivity contribution in [2.24, 2.45) is 7.05 Å². The number of likely N-dealkylation sites (N-methyl/N-ethyl adjacent to an activating group) is 1. The third kappa shape index (κ3) is 4.49. The van der Waals surface area contributed by atoms with Gasteiger partial charge in [0.1, 0.15) is 5.82 Å². The van der Waals surface area contributed by atoms with E-state index >= 15 is 0 Å². The Morgan fingerprint density at radius 3 is 2.26 bits per heavy atom. The molecule has 27 heavy (non-hydrogen) atoms. The van der Waals surface area contributed by atoms with Gasteiger partial charge in [-0.05, 0) is 31.3 Å². The highest BCUT2D eigenvalue weighted by molar-refractivity contribution is 5.57.